The number of hydrogen-bond donors (Lipinski definition) is 1. The molecule has 0 atom stereocenters. The fourth-order valence-corrected chi connectivity index (χ4v) is 1.86. The molecule has 1 heterocycles. The van der Waals surface area contributed by atoms with Gasteiger partial charge in [-0.15, -0.1) is 0 Å². The van der Waals surface area contributed by atoms with Crippen LogP contribution in [-0.4, -0.2) is 29.6 Å². The Labute approximate surface area is 106 Å². The van der Waals surface area contributed by atoms with Gasteiger partial charge in [0.25, 0.3) is 5.91 Å². The van der Waals surface area contributed by atoms with E-state index in [9.17, 15) is 9.59 Å². The van der Waals surface area contributed by atoms with Crippen molar-refractivity contribution in [1.82, 2.24) is 9.88 Å². The summed E-state index contributed by atoms with van der Waals surface area (Å²) < 4.78 is 6.79. The molecule has 0 bridgehead atoms. The van der Waals surface area contributed by atoms with Crippen molar-refractivity contribution in [2.24, 2.45) is 0 Å². The Morgan fingerprint density at radius 1 is 1.50 bits per heavy atom. The van der Waals surface area contributed by atoms with Crippen LogP contribution in [-0.2, 0) is 9.53 Å². The topological polar surface area (TPSA) is 60.3 Å². The van der Waals surface area contributed by atoms with E-state index in [1.165, 1.54) is 0 Å². The molecule has 1 fully saturated rings. The van der Waals surface area contributed by atoms with Crippen LogP contribution in [0.25, 0.3) is 0 Å². The first kappa shape index (κ1) is 12.7. The summed E-state index contributed by atoms with van der Waals surface area (Å²) in [7, 11) is 0. The van der Waals surface area contributed by atoms with Gasteiger partial charge < -0.3 is 14.6 Å². The van der Waals surface area contributed by atoms with Gasteiger partial charge in [-0.25, -0.2) is 0 Å². The number of hydrogen-bond acceptors (Lipinski definition) is 3. The van der Waals surface area contributed by atoms with Crippen molar-refractivity contribution in [2.45, 2.75) is 32.2 Å². The van der Waals surface area contributed by atoms with Gasteiger partial charge in [0.15, 0.2) is 0 Å². The lowest BCUT2D eigenvalue weighted by atomic mass is 10.3. The fourth-order valence-electron chi connectivity index (χ4n) is 1.86. The van der Waals surface area contributed by atoms with Crippen LogP contribution in [0.1, 0.15) is 42.7 Å². The van der Waals surface area contributed by atoms with Gasteiger partial charge in [-0.1, -0.05) is 0 Å². The highest BCUT2D eigenvalue weighted by atomic mass is 16.5. The number of aromatic nitrogens is 1. The van der Waals surface area contributed by atoms with Crippen LogP contribution in [0, 0.1) is 0 Å². The lowest BCUT2D eigenvalue weighted by molar-refractivity contribution is -0.142. The van der Waals surface area contributed by atoms with E-state index < -0.39 is 0 Å². The number of amides is 1. The summed E-state index contributed by atoms with van der Waals surface area (Å²) in [6, 6.07) is 4.15. The van der Waals surface area contributed by atoms with E-state index in [1.807, 2.05) is 16.8 Å². The van der Waals surface area contributed by atoms with Crippen LogP contribution in [0.5, 0.6) is 0 Å². The van der Waals surface area contributed by atoms with Gasteiger partial charge in [0, 0.05) is 18.8 Å². The number of rotatable bonds is 6. The molecule has 5 nitrogen and oxygen atoms in total. The van der Waals surface area contributed by atoms with Crippen LogP contribution < -0.4 is 5.32 Å². The second-order valence-electron chi connectivity index (χ2n) is 4.34. The average molecular weight is 250 g/mol. The Bertz CT molecular complexity index is 435. The van der Waals surface area contributed by atoms with Crippen molar-refractivity contribution < 1.29 is 14.3 Å². The first-order valence-corrected chi connectivity index (χ1v) is 6.33. The number of carbonyl (C=O) groups excluding carboxylic acids is 2. The van der Waals surface area contributed by atoms with E-state index in [2.05, 4.69) is 5.32 Å². The van der Waals surface area contributed by atoms with Crippen molar-refractivity contribution in [3.8, 4) is 0 Å². The summed E-state index contributed by atoms with van der Waals surface area (Å²) in [6.07, 6.45) is 4.41. The molecule has 0 saturated heterocycles. The molecule has 0 aromatic carbocycles. The standard InChI is InChI=1S/C13H18N2O3/c1-2-18-12(16)7-8-14-13(17)11-4-3-9-15(11)10-5-6-10/h3-4,9-10H,2,5-8H2,1H3,(H,14,17). The van der Waals surface area contributed by atoms with Crippen LogP contribution in [0.3, 0.4) is 0 Å². The summed E-state index contributed by atoms with van der Waals surface area (Å²) in [4.78, 5) is 23.0. The van der Waals surface area contributed by atoms with E-state index in [0.29, 0.717) is 24.9 Å². The predicted molar refractivity (Wildman–Crippen MR) is 66.3 cm³/mol. The van der Waals surface area contributed by atoms with Crippen molar-refractivity contribution in [2.75, 3.05) is 13.2 Å². The van der Waals surface area contributed by atoms with Gasteiger partial charge >= 0.3 is 5.97 Å². The predicted octanol–water partition coefficient (Wildman–Crippen LogP) is 1.51. The highest BCUT2D eigenvalue weighted by Gasteiger charge is 2.26. The minimum absolute atomic E-state index is 0.129. The van der Waals surface area contributed by atoms with Crippen LogP contribution in [0.4, 0.5) is 0 Å². The molecule has 1 N–H and O–H groups in total. The lowest BCUT2D eigenvalue weighted by Gasteiger charge is -2.08. The Kier molecular flexibility index (Phi) is 4.02. The van der Waals surface area contributed by atoms with E-state index in [0.717, 1.165) is 12.8 Å². The Morgan fingerprint density at radius 3 is 2.94 bits per heavy atom. The largest absolute Gasteiger partial charge is 0.466 e. The molecule has 0 spiro atoms. The van der Waals surface area contributed by atoms with E-state index in [1.54, 1.807) is 13.0 Å². The third-order valence-corrected chi connectivity index (χ3v) is 2.87. The minimum atomic E-state index is -0.282. The quantitative estimate of drug-likeness (QED) is 0.778. The van der Waals surface area contributed by atoms with Crippen molar-refractivity contribution >= 4 is 11.9 Å². The van der Waals surface area contributed by atoms with Crippen LogP contribution in [0.2, 0.25) is 0 Å². The summed E-state index contributed by atoms with van der Waals surface area (Å²) in [5.41, 5.74) is 0.668. The Morgan fingerprint density at radius 2 is 2.28 bits per heavy atom. The summed E-state index contributed by atoms with van der Waals surface area (Å²) in [6.45, 7) is 2.45. The van der Waals surface area contributed by atoms with Crippen LogP contribution >= 0.6 is 0 Å². The molecule has 5 heteroatoms. The highest BCUT2D eigenvalue weighted by molar-refractivity contribution is 5.93. The van der Waals surface area contributed by atoms with E-state index >= 15 is 0 Å². The normalized spacial score (nSPS) is 14.3. The molecular weight excluding hydrogens is 232 g/mol. The highest BCUT2D eigenvalue weighted by Crippen LogP contribution is 2.35. The molecular formula is C13H18N2O3. The number of ether oxygens (including phenoxy) is 1. The second-order valence-corrected chi connectivity index (χ2v) is 4.34. The molecule has 0 aliphatic heterocycles. The smallest absolute Gasteiger partial charge is 0.307 e. The zero-order chi connectivity index (χ0) is 13.0. The first-order chi connectivity index (χ1) is 8.72. The number of carbonyl (C=O) groups is 2. The molecule has 1 aliphatic carbocycles. The molecule has 1 aromatic rings. The zero-order valence-corrected chi connectivity index (χ0v) is 10.5. The number of esters is 1. The first-order valence-electron chi connectivity index (χ1n) is 6.33. The van der Waals surface area contributed by atoms with Crippen molar-refractivity contribution in [1.29, 1.82) is 0 Å². The van der Waals surface area contributed by atoms with Gasteiger partial charge in [0.05, 0.1) is 13.0 Å². The lowest BCUT2D eigenvalue weighted by Crippen LogP contribution is -2.28. The van der Waals surface area contributed by atoms with Crippen molar-refractivity contribution in [3.63, 3.8) is 0 Å². The molecule has 98 valence electrons. The fraction of sp³-hybridized carbons (Fsp3) is 0.538. The summed E-state index contributed by atoms with van der Waals surface area (Å²) in [5, 5.41) is 2.74. The van der Waals surface area contributed by atoms with Gasteiger partial charge in [0.2, 0.25) is 0 Å². The van der Waals surface area contributed by atoms with E-state index in [-0.39, 0.29) is 18.3 Å². The maximum atomic E-state index is 11.9. The molecule has 18 heavy (non-hydrogen) atoms. The summed E-state index contributed by atoms with van der Waals surface area (Å²) >= 11 is 0. The monoisotopic (exact) mass is 250 g/mol. The van der Waals surface area contributed by atoms with Gasteiger partial charge in [-0.2, -0.15) is 0 Å². The minimum Gasteiger partial charge on any atom is -0.466 e. The van der Waals surface area contributed by atoms with Gasteiger partial charge in [-0.05, 0) is 31.9 Å². The second kappa shape index (κ2) is 5.71. The molecule has 0 unspecified atom stereocenters. The third kappa shape index (κ3) is 3.12. The molecule has 1 aliphatic rings. The van der Waals surface area contributed by atoms with Crippen molar-refractivity contribution in [3.05, 3.63) is 24.0 Å². The summed E-state index contributed by atoms with van der Waals surface area (Å²) in [5.74, 6) is -0.411. The zero-order valence-electron chi connectivity index (χ0n) is 10.5. The molecule has 2 rings (SSSR count). The molecule has 1 aromatic heterocycles. The Balaban J connectivity index is 1.80. The number of nitrogens with one attached hydrogen (secondary N) is 1. The maximum absolute atomic E-state index is 11.9. The molecule has 0 radical (unpaired) electrons. The van der Waals surface area contributed by atoms with E-state index in [4.69, 9.17) is 4.74 Å². The number of nitrogens with zero attached hydrogens (tertiary/aromatic N) is 1. The SMILES string of the molecule is CCOC(=O)CCNC(=O)c1cccn1C1CC1. The third-order valence-electron chi connectivity index (χ3n) is 2.87. The van der Waals surface area contributed by atoms with Crippen LogP contribution in [0.15, 0.2) is 18.3 Å². The Hall–Kier alpha value is -1.78. The van der Waals surface area contributed by atoms with Gasteiger partial charge in [-0.3, -0.25) is 9.59 Å². The van der Waals surface area contributed by atoms with Gasteiger partial charge in [0.1, 0.15) is 5.69 Å². The molecule has 1 amide bonds. The molecule has 1 saturated carbocycles. The maximum Gasteiger partial charge on any atom is 0.307 e. The average Bonchev–Trinajstić information content (AvgIpc) is 3.07.